The molecule has 0 aliphatic heterocycles. The summed E-state index contributed by atoms with van der Waals surface area (Å²) >= 11 is 1.58. The van der Waals surface area contributed by atoms with Gasteiger partial charge in [0.2, 0.25) is 0 Å². The van der Waals surface area contributed by atoms with Crippen LogP contribution in [0.2, 0.25) is 0 Å². The van der Waals surface area contributed by atoms with Crippen LogP contribution in [0, 0.1) is 6.92 Å². The lowest BCUT2D eigenvalue weighted by Gasteiger charge is -2.06. The summed E-state index contributed by atoms with van der Waals surface area (Å²) in [4.78, 5) is 11.7. The molecular formula is C10H12O2S. The van der Waals surface area contributed by atoms with Crippen molar-refractivity contribution in [3.05, 3.63) is 29.3 Å². The molecule has 0 aliphatic carbocycles. The predicted octanol–water partition coefficient (Wildman–Crippen LogP) is 2.81. The monoisotopic (exact) mass is 196 g/mol. The maximum Gasteiger partial charge on any atom is 0.336 e. The summed E-state index contributed by atoms with van der Waals surface area (Å²) in [6, 6.07) is 5.36. The lowest BCUT2D eigenvalue weighted by atomic mass is 10.1. The largest absolute Gasteiger partial charge is 0.478 e. The Balaban J connectivity index is 3.17. The number of carbonyl (C=O) groups is 1. The first-order valence-electron chi connectivity index (χ1n) is 4.12. The molecule has 0 spiro atoms. The van der Waals surface area contributed by atoms with E-state index in [9.17, 15) is 4.79 Å². The van der Waals surface area contributed by atoms with Crippen LogP contribution in [0.1, 0.15) is 22.8 Å². The Morgan fingerprint density at radius 2 is 2.23 bits per heavy atom. The molecule has 13 heavy (non-hydrogen) atoms. The van der Waals surface area contributed by atoms with Crippen molar-refractivity contribution in [1.82, 2.24) is 0 Å². The van der Waals surface area contributed by atoms with Crippen LogP contribution in [-0.2, 0) is 0 Å². The van der Waals surface area contributed by atoms with Gasteiger partial charge in [-0.25, -0.2) is 4.79 Å². The minimum atomic E-state index is -0.848. The van der Waals surface area contributed by atoms with E-state index in [-0.39, 0.29) is 0 Å². The Hall–Kier alpha value is -0.960. The zero-order valence-corrected chi connectivity index (χ0v) is 8.52. The summed E-state index contributed by atoms with van der Waals surface area (Å²) in [7, 11) is 0. The number of aryl methyl sites for hydroxylation is 1. The number of hydrogen-bond acceptors (Lipinski definition) is 2. The highest BCUT2D eigenvalue weighted by Gasteiger charge is 2.10. The summed E-state index contributed by atoms with van der Waals surface area (Å²) in [6.07, 6.45) is 0. The third kappa shape index (κ3) is 2.25. The van der Waals surface area contributed by atoms with E-state index < -0.39 is 5.97 Å². The molecule has 0 aromatic heterocycles. The molecule has 0 saturated heterocycles. The van der Waals surface area contributed by atoms with Crippen LogP contribution in [0.15, 0.2) is 23.1 Å². The smallest absolute Gasteiger partial charge is 0.336 e. The molecule has 1 rings (SSSR count). The minimum absolute atomic E-state index is 0.409. The highest BCUT2D eigenvalue weighted by atomic mass is 32.2. The van der Waals surface area contributed by atoms with E-state index in [0.29, 0.717) is 5.56 Å². The van der Waals surface area contributed by atoms with Gasteiger partial charge in [0.15, 0.2) is 0 Å². The average Bonchev–Trinajstić information content (AvgIpc) is 2.08. The first-order valence-corrected chi connectivity index (χ1v) is 5.11. The van der Waals surface area contributed by atoms with Gasteiger partial charge in [-0.05, 0) is 24.3 Å². The molecule has 0 unspecified atom stereocenters. The molecule has 1 aromatic carbocycles. The van der Waals surface area contributed by atoms with Crippen molar-refractivity contribution >= 4 is 17.7 Å². The number of carboxylic acid groups (broad SMARTS) is 1. The summed E-state index contributed by atoms with van der Waals surface area (Å²) in [6.45, 7) is 3.95. The Kier molecular flexibility index (Phi) is 3.37. The summed E-state index contributed by atoms with van der Waals surface area (Å²) in [5, 5.41) is 8.90. The van der Waals surface area contributed by atoms with Crippen LogP contribution in [-0.4, -0.2) is 16.8 Å². The quantitative estimate of drug-likeness (QED) is 0.755. The molecule has 2 nitrogen and oxygen atoms in total. The van der Waals surface area contributed by atoms with Gasteiger partial charge in [-0.1, -0.05) is 19.1 Å². The van der Waals surface area contributed by atoms with Crippen LogP contribution in [0.5, 0.6) is 0 Å². The van der Waals surface area contributed by atoms with E-state index in [0.717, 1.165) is 16.2 Å². The standard InChI is InChI=1S/C10H12O2S/c1-3-13-9-7(2)5-4-6-8(9)10(11)12/h4-6H,3H2,1-2H3,(H,11,12). The predicted molar refractivity (Wildman–Crippen MR) is 54.5 cm³/mol. The van der Waals surface area contributed by atoms with Crippen LogP contribution >= 0.6 is 11.8 Å². The van der Waals surface area contributed by atoms with Gasteiger partial charge in [-0.2, -0.15) is 0 Å². The third-order valence-electron chi connectivity index (χ3n) is 1.73. The van der Waals surface area contributed by atoms with Gasteiger partial charge in [0.1, 0.15) is 0 Å². The maximum atomic E-state index is 10.8. The summed E-state index contributed by atoms with van der Waals surface area (Å²) < 4.78 is 0. The van der Waals surface area contributed by atoms with E-state index in [4.69, 9.17) is 5.11 Å². The zero-order valence-electron chi connectivity index (χ0n) is 7.70. The fourth-order valence-corrected chi connectivity index (χ4v) is 2.05. The van der Waals surface area contributed by atoms with Gasteiger partial charge in [0, 0.05) is 4.90 Å². The van der Waals surface area contributed by atoms with Crippen LogP contribution in [0.4, 0.5) is 0 Å². The SMILES string of the molecule is CCSc1c(C)cccc1C(=O)O. The van der Waals surface area contributed by atoms with E-state index >= 15 is 0 Å². The van der Waals surface area contributed by atoms with Crippen molar-refractivity contribution in [1.29, 1.82) is 0 Å². The number of benzene rings is 1. The van der Waals surface area contributed by atoms with Crippen molar-refractivity contribution in [2.45, 2.75) is 18.7 Å². The molecule has 1 N–H and O–H groups in total. The second-order valence-electron chi connectivity index (χ2n) is 2.69. The lowest BCUT2D eigenvalue weighted by Crippen LogP contribution is -2.00. The van der Waals surface area contributed by atoms with Gasteiger partial charge in [0.25, 0.3) is 0 Å². The van der Waals surface area contributed by atoms with E-state index in [2.05, 4.69) is 0 Å². The molecule has 0 aliphatic rings. The van der Waals surface area contributed by atoms with Crippen molar-refractivity contribution in [3.8, 4) is 0 Å². The fraction of sp³-hybridized carbons (Fsp3) is 0.300. The van der Waals surface area contributed by atoms with Crippen molar-refractivity contribution < 1.29 is 9.90 Å². The van der Waals surface area contributed by atoms with Gasteiger partial charge >= 0.3 is 5.97 Å². The summed E-state index contributed by atoms with van der Waals surface area (Å²) in [5.74, 6) is 0.0464. The first-order chi connectivity index (χ1) is 6.16. The Labute approximate surface area is 82.0 Å². The number of carboxylic acids is 1. The average molecular weight is 196 g/mol. The first kappa shape index (κ1) is 10.1. The van der Waals surface area contributed by atoms with E-state index in [1.165, 1.54) is 0 Å². The van der Waals surface area contributed by atoms with Crippen molar-refractivity contribution in [3.63, 3.8) is 0 Å². The zero-order chi connectivity index (χ0) is 9.84. The number of aromatic carboxylic acids is 1. The van der Waals surface area contributed by atoms with Gasteiger partial charge < -0.3 is 5.11 Å². The molecular weight excluding hydrogens is 184 g/mol. The molecule has 0 saturated carbocycles. The normalized spacial score (nSPS) is 10.0. The van der Waals surface area contributed by atoms with Gasteiger partial charge in [-0.15, -0.1) is 11.8 Å². The van der Waals surface area contributed by atoms with Crippen molar-refractivity contribution in [2.24, 2.45) is 0 Å². The van der Waals surface area contributed by atoms with Gasteiger partial charge in [-0.3, -0.25) is 0 Å². The highest BCUT2D eigenvalue weighted by molar-refractivity contribution is 7.99. The number of rotatable bonds is 3. The molecule has 0 radical (unpaired) electrons. The second-order valence-corrected chi connectivity index (χ2v) is 3.96. The van der Waals surface area contributed by atoms with Crippen LogP contribution in [0.25, 0.3) is 0 Å². The van der Waals surface area contributed by atoms with E-state index in [1.807, 2.05) is 19.9 Å². The highest BCUT2D eigenvalue weighted by Crippen LogP contribution is 2.26. The van der Waals surface area contributed by atoms with Crippen LogP contribution < -0.4 is 0 Å². The Bertz CT molecular complexity index is 321. The summed E-state index contributed by atoms with van der Waals surface area (Å²) in [5.41, 5.74) is 1.44. The molecule has 0 bridgehead atoms. The molecule has 70 valence electrons. The van der Waals surface area contributed by atoms with Crippen LogP contribution in [0.3, 0.4) is 0 Å². The molecule has 0 atom stereocenters. The van der Waals surface area contributed by atoms with E-state index in [1.54, 1.807) is 23.9 Å². The molecule has 0 heterocycles. The third-order valence-corrected chi connectivity index (χ3v) is 2.85. The Morgan fingerprint density at radius 3 is 2.77 bits per heavy atom. The number of hydrogen-bond donors (Lipinski definition) is 1. The minimum Gasteiger partial charge on any atom is -0.478 e. The lowest BCUT2D eigenvalue weighted by molar-refractivity contribution is 0.0693. The molecule has 0 fully saturated rings. The molecule has 3 heteroatoms. The van der Waals surface area contributed by atoms with Gasteiger partial charge in [0.05, 0.1) is 5.56 Å². The molecule has 0 amide bonds. The fourth-order valence-electron chi connectivity index (χ4n) is 1.16. The Morgan fingerprint density at radius 1 is 1.54 bits per heavy atom. The number of thioether (sulfide) groups is 1. The molecule has 1 aromatic rings. The second kappa shape index (κ2) is 4.33. The maximum absolute atomic E-state index is 10.8. The van der Waals surface area contributed by atoms with Crippen molar-refractivity contribution in [2.75, 3.05) is 5.75 Å². The topological polar surface area (TPSA) is 37.3 Å².